The molecule has 0 bridgehead atoms. The summed E-state index contributed by atoms with van der Waals surface area (Å²) in [6, 6.07) is 12.4. The summed E-state index contributed by atoms with van der Waals surface area (Å²) in [4.78, 5) is 0. The maximum atomic E-state index is 13.1. The molecule has 0 saturated heterocycles. The van der Waals surface area contributed by atoms with Crippen LogP contribution in [0.25, 0.3) is 0 Å². The quantitative estimate of drug-likeness (QED) is 0.816. The molecule has 0 unspecified atom stereocenters. The molecule has 100 valence electrons. The predicted octanol–water partition coefficient (Wildman–Crippen LogP) is 5.09. The topological polar surface area (TPSA) is 12.0 Å². The molecule has 0 fully saturated rings. The van der Waals surface area contributed by atoms with E-state index in [4.69, 9.17) is 11.6 Å². The molecule has 2 rings (SSSR count). The van der Waals surface area contributed by atoms with Crippen molar-refractivity contribution < 1.29 is 4.39 Å². The molecule has 0 aliphatic heterocycles. The van der Waals surface area contributed by atoms with Crippen molar-refractivity contribution in [1.82, 2.24) is 5.32 Å². The monoisotopic (exact) mass is 341 g/mol. The molecule has 0 spiro atoms. The maximum absolute atomic E-state index is 13.1. The van der Waals surface area contributed by atoms with Gasteiger partial charge in [-0.3, -0.25) is 0 Å². The number of benzene rings is 2. The lowest BCUT2D eigenvalue weighted by Crippen LogP contribution is -2.18. The van der Waals surface area contributed by atoms with Gasteiger partial charge in [0.15, 0.2) is 0 Å². The molecule has 1 nitrogen and oxygen atoms in total. The fourth-order valence-corrected chi connectivity index (χ4v) is 2.64. The third kappa shape index (κ3) is 4.03. The molecular weight excluding hydrogens is 329 g/mol. The predicted molar refractivity (Wildman–Crippen MR) is 80.8 cm³/mol. The van der Waals surface area contributed by atoms with Gasteiger partial charge < -0.3 is 5.32 Å². The van der Waals surface area contributed by atoms with Gasteiger partial charge in [-0.1, -0.05) is 45.7 Å². The van der Waals surface area contributed by atoms with Gasteiger partial charge in [0.05, 0.1) is 0 Å². The van der Waals surface area contributed by atoms with Crippen LogP contribution in [0.2, 0.25) is 5.02 Å². The standard InChI is InChI=1S/C15H14BrClFN/c1-10(11-3-2-4-14(18)7-11)19-9-12-5-6-13(17)8-15(12)16/h2-8,10,19H,9H2,1H3/t10-/m0/s1. The Hall–Kier alpha value is -0.900. The number of hydrogen-bond acceptors (Lipinski definition) is 1. The molecular formula is C15H14BrClFN. The molecule has 0 radical (unpaired) electrons. The smallest absolute Gasteiger partial charge is 0.123 e. The Labute approximate surface area is 125 Å². The third-order valence-electron chi connectivity index (χ3n) is 2.96. The number of nitrogens with one attached hydrogen (secondary N) is 1. The van der Waals surface area contributed by atoms with Crippen LogP contribution in [0, 0.1) is 5.82 Å². The summed E-state index contributed by atoms with van der Waals surface area (Å²) in [5.74, 6) is -0.209. The highest BCUT2D eigenvalue weighted by Gasteiger charge is 2.07. The molecule has 2 aromatic rings. The van der Waals surface area contributed by atoms with Crippen molar-refractivity contribution >= 4 is 27.5 Å². The first-order valence-electron chi connectivity index (χ1n) is 5.99. The second kappa shape index (κ2) is 6.51. The fourth-order valence-electron chi connectivity index (χ4n) is 1.82. The lowest BCUT2D eigenvalue weighted by atomic mass is 10.1. The molecule has 0 amide bonds. The SMILES string of the molecule is C[C@H](NCc1ccc(Cl)cc1Br)c1cccc(F)c1. The van der Waals surface area contributed by atoms with Gasteiger partial charge in [-0.05, 0) is 42.3 Å². The van der Waals surface area contributed by atoms with Gasteiger partial charge in [0, 0.05) is 22.1 Å². The Morgan fingerprint density at radius 1 is 1.26 bits per heavy atom. The minimum Gasteiger partial charge on any atom is -0.306 e. The summed E-state index contributed by atoms with van der Waals surface area (Å²) < 4.78 is 14.1. The van der Waals surface area contributed by atoms with E-state index < -0.39 is 0 Å². The van der Waals surface area contributed by atoms with Gasteiger partial charge in [-0.25, -0.2) is 4.39 Å². The van der Waals surface area contributed by atoms with Gasteiger partial charge in [0.2, 0.25) is 0 Å². The van der Waals surface area contributed by atoms with Crippen molar-refractivity contribution in [1.29, 1.82) is 0 Å². The van der Waals surface area contributed by atoms with Crippen molar-refractivity contribution in [3.63, 3.8) is 0 Å². The van der Waals surface area contributed by atoms with Gasteiger partial charge in [-0.15, -0.1) is 0 Å². The highest BCUT2D eigenvalue weighted by molar-refractivity contribution is 9.10. The second-order valence-corrected chi connectivity index (χ2v) is 5.68. The zero-order chi connectivity index (χ0) is 13.8. The summed E-state index contributed by atoms with van der Waals surface area (Å²) >= 11 is 9.38. The lowest BCUT2D eigenvalue weighted by Gasteiger charge is -2.15. The normalized spacial score (nSPS) is 12.4. The Bertz CT molecular complexity index is 574. The minimum absolute atomic E-state index is 0.0817. The van der Waals surface area contributed by atoms with Crippen LogP contribution in [0.15, 0.2) is 46.9 Å². The van der Waals surface area contributed by atoms with Crippen LogP contribution in [0.1, 0.15) is 24.1 Å². The van der Waals surface area contributed by atoms with Crippen LogP contribution in [-0.2, 0) is 6.54 Å². The fraction of sp³-hybridized carbons (Fsp3) is 0.200. The molecule has 0 saturated carbocycles. The highest BCUT2D eigenvalue weighted by Crippen LogP contribution is 2.22. The van der Waals surface area contributed by atoms with Crippen LogP contribution >= 0.6 is 27.5 Å². The van der Waals surface area contributed by atoms with Crippen LogP contribution in [0.5, 0.6) is 0 Å². The Morgan fingerprint density at radius 3 is 2.74 bits per heavy atom. The zero-order valence-corrected chi connectivity index (χ0v) is 12.8. The Kier molecular flexibility index (Phi) is 4.97. The van der Waals surface area contributed by atoms with Gasteiger partial charge in [0.25, 0.3) is 0 Å². The number of rotatable bonds is 4. The van der Waals surface area contributed by atoms with Crippen molar-refractivity contribution in [3.05, 3.63) is 68.9 Å². The first kappa shape index (κ1) is 14.5. The molecule has 0 aliphatic carbocycles. The lowest BCUT2D eigenvalue weighted by molar-refractivity contribution is 0.564. The highest BCUT2D eigenvalue weighted by atomic mass is 79.9. The Morgan fingerprint density at radius 2 is 2.05 bits per heavy atom. The largest absolute Gasteiger partial charge is 0.306 e. The minimum atomic E-state index is -0.209. The van der Waals surface area contributed by atoms with E-state index in [1.54, 1.807) is 12.1 Å². The van der Waals surface area contributed by atoms with E-state index in [0.29, 0.717) is 11.6 Å². The third-order valence-corrected chi connectivity index (χ3v) is 3.94. The number of hydrogen-bond donors (Lipinski definition) is 1. The first-order chi connectivity index (χ1) is 9.06. The molecule has 2 aromatic carbocycles. The van der Waals surface area contributed by atoms with E-state index >= 15 is 0 Å². The van der Waals surface area contributed by atoms with Gasteiger partial charge in [0.1, 0.15) is 5.82 Å². The van der Waals surface area contributed by atoms with E-state index in [1.165, 1.54) is 6.07 Å². The number of halogens is 3. The van der Waals surface area contributed by atoms with E-state index in [1.807, 2.05) is 31.2 Å². The van der Waals surface area contributed by atoms with Gasteiger partial charge >= 0.3 is 0 Å². The molecule has 4 heteroatoms. The van der Waals surface area contributed by atoms with E-state index in [-0.39, 0.29) is 11.9 Å². The van der Waals surface area contributed by atoms with E-state index in [2.05, 4.69) is 21.2 Å². The summed E-state index contributed by atoms with van der Waals surface area (Å²) in [6.45, 7) is 2.70. The summed E-state index contributed by atoms with van der Waals surface area (Å²) in [7, 11) is 0. The molecule has 0 heterocycles. The van der Waals surface area contributed by atoms with Crippen LogP contribution < -0.4 is 5.32 Å². The van der Waals surface area contributed by atoms with Crippen molar-refractivity contribution in [2.24, 2.45) is 0 Å². The summed E-state index contributed by atoms with van der Waals surface area (Å²) in [5, 5.41) is 4.07. The maximum Gasteiger partial charge on any atom is 0.123 e. The zero-order valence-electron chi connectivity index (χ0n) is 10.5. The first-order valence-corrected chi connectivity index (χ1v) is 7.16. The van der Waals surface area contributed by atoms with Crippen molar-refractivity contribution in [3.8, 4) is 0 Å². The summed E-state index contributed by atoms with van der Waals surface area (Å²) in [6.07, 6.45) is 0. The molecule has 1 atom stereocenters. The van der Waals surface area contributed by atoms with Gasteiger partial charge in [-0.2, -0.15) is 0 Å². The van der Waals surface area contributed by atoms with Crippen molar-refractivity contribution in [2.45, 2.75) is 19.5 Å². The molecule has 19 heavy (non-hydrogen) atoms. The molecule has 1 N–H and O–H groups in total. The van der Waals surface area contributed by atoms with E-state index in [9.17, 15) is 4.39 Å². The van der Waals surface area contributed by atoms with Crippen LogP contribution in [-0.4, -0.2) is 0 Å². The summed E-state index contributed by atoms with van der Waals surface area (Å²) in [5.41, 5.74) is 2.05. The molecule has 0 aromatic heterocycles. The second-order valence-electron chi connectivity index (χ2n) is 4.39. The Balaban J connectivity index is 2.02. The van der Waals surface area contributed by atoms with E-state index in [0.717, 1.165) is 15.6 Å². The molecule has 0 aliphatic rings. The van der Waals surface area contributed by atoms with Crippen LogP contribution in [0.4, 0.5) is 4.39 Å². The average Bonchev–Trinajstić information content (AvgIpc) is 2.37. The van der Waals surface area contributed by atoms with Crippen molar-refractivity contribution in [2.75, 3.05) is 0 Å². The van der Waals surface area contributed by atoms with Crippen LogP contribution in [0.3, 0.4) is 0 Å². The average molecular weight is 343 g/mol.